The van der Waals surface area contributed by atoms with Crippen molar-refractivity contribution in [1.82, 2.24) is 19.1 Å². The minimum atomic E-state index is -0.750. The molecule has 0 unspecified atom stereocenters. The fraction of sp³-hybridized carbons (Fsp3) is 0.364. The van der Waals surface area contributed by atoms with Crippen LogP contribution in [0.5, 0.6) is 0 Å². The number of fused-ring (bicyclic) bond motifs is 1. The number of hydrogen-bond donors (Lipinski definition) is 0. The maximum Gasteiger partial charge on any atom is 0.410 e. The average Bonchev–Trinajstić information content (AvgIpc) is 3.30. The molecule has 166 valence electrons. The van der Waals surface area contributed by atoms with E-state index in [1.165, 1.54) is 44.4 Å². The van der Waals surface area contributed by atoms with E-state index in [2.05, 4.69) is 11.2 Å². The summed E-state index contributed by atoms with van der Waals surface area (Å²) < 4.78 is 22.1. The van der Waals surface area contributed by atoms with Crippen molar-refractivity contribution in [1.29, 1.82) is 5.26 Å². The first kappa shape index (κ1) is 21.8. The van der Waals surface area contributed by atoms with Gasteiger partial charge in [-0.2, -0.15) is 10.4 Å². The summed E-state index contributed by atoms with van der Waals surface area (Å²) in [6, 6.07) is 8.48. The molecule has 2 atom stereocenters. The lowest BCUT2D eigenvalue weighted by Crippen LogP contribution is -2.39. The maximum absolute atomic E-state index is 14.0. The molecule has 10 heteroatoms. The smallest absolute Gasteiger partial charge is 0.410 e. The third-order valence-corrected chi connectivity index (χ3v) is 5.44. The summed E-state index contributed by atoms with van der Waals surface area (Å²) in [4.78, 5) is 27.8. The fourth-order valence-electron chi connectivity index (χ4n) is 3.82. The van der Waals surface area contributed by atoms with Crippen LogP contribution in [0, 0.1) is 23.1 Å². The lowest BCUT2D eigenvalue weighted by Gasteiger charge is -2.29. The molecule has 0 aliphatic carbocycles. The maximum atomic E-state index is 14.0. The second-order valence-electron chi connectivity index (χ2n) is 8.65. The number of carbonyl (C=O) groups excluding carboxylic acids is 1. The Bertz CT molecular complexity index is 1300. The lowest BCUT2D eigenvalue weighted by atomic mass is 10.1. The molecule has 0 radical (unpaired) electrons. The summed E-state index contributed by atoms with van der Waals surface area (Å²) in [7, 11) is 0. The number of rotatable bonds is 2. The summed E-state index contributed by atoms with van der Waals surface area (Å²) in [5.74, 6) is -0.828. The molecule has 1 aromatic carbocycles. The number of hydrogen-bond acceptors (Lipinski definition) is 5. The zero-order valence-electron chi connectivity index (χ0n) is 17.7. The molecule has 3 aromatic rings. The summed E-state index contributed by atoms with van der Waals surface area (Å²) >= 11 is 6.20. The molecule has 0 saturated carbocycles. The highest BCUT2D eigenvalue weighted by Crippen LogP contribution is 2.36. The van der Waals surface area contributed by atoms with Crippen LogP contribution >= 0.6 is 11.6 Å². The molecule has 0 spiro atoms. The van der Waals surface area contributed by atoms with Crippen LogP contribution in [-0.4, -0.2) is 37.3 Å². The van der Waals surface area contributed by atoms with E-state index in [4.69, 9.17) is 16.3 Å². The highest BCUT2D eigenvalue weighted by molar-refractivity contribution is 6.33. The summed E-state index contributed by atoms with van der Waals surface area (Å²) in [6.45, 7) is 5.35. The van der Waals surface area contributed by atoms with Crippen LogP contribution in [0.25, 0.3) is 11.2 Å². The van der Waals surface area contributed by atoms with Gasteiger partial charge in [0.15, 0.2) is 5.82 Å². The van der Waals surface area contributed by atoms with E-state index in [0.29, 0.717) is 0 Å². The van der Waals surface area contributed by atoms with Gasteiger partial charge < -0.3 is 4.74 Å². The van der Waals surface area contributed by atoms with Gasteiger partial charge >= 0.3 is 6.09 Å². The number of carbonyl (C=O) groups is 1. The van der Waals surface area contributed by atoms with Gasteiger partial charge in [-0.15, -0.1) is 0 Å². The van der Waals surface area contributed by atoms with Gasteiger partial charge in [-0.05, 0) is 51.5 Å². The van der Waals surface area contributed by atoms with Gasteiger partial charge in [0.1, 0.15) is 16.9 Å². The van der Waals surface area contributed by atoms with Crippen molar-refractivity contribution < 1.29 is 13.9 Å². The van der Waals surface area contributed by atoms with Crippen molar-refractivity contribution in [3.8, 4) is 11.8 Å². The Morgan fingerprint density at radius 3 is 2.75 bits per heavy atom. The molecule has 8 nitrogen and oxygen atoms in total. The molecule has 2 aromatic heterocycles. The molecule has 1 amide bonds. The van der Waals surface area contributed by atoms with Crippen molar-refractivity contribution in [2.75, 3.05) is 6.54 Å². The molecular weight excluding hydrogens is 437 g/mol. The van der Waals surface area contributed by atoms with Crippen LogP contribution < -0.4 is 5.56 Å². The second-order valence-corrected chi connectivity index (χ2v) is 9.05. The van der Waals surface area contributed by atoms with Gasteiger partial charge in [0.05, 0.1) is 28.7 Å². The standard InChI is InChI=1S/C22H21ClFN5O3/c1-22(2,3)32-21(31)27-12-13(11-25)9-17(27)19-26-28-8-7-16(23)18(28)20(30)29(19)15-6-4-5-14(24)10-15/h4-8,10,13,17H,9,12H2,1-3H3/t13-,17+/m1/s1. The van der Waals surface area contributed by atoms with Crippen molar-refractivity contribution >= 4 is 23.2 Å². The Morgan fingerprint density at radius 1 is 1.34 bits per heavy atom. The number of nitrogens with zero attached hydrogens (tertiary/aromatic N) is 5. The molecule has 1 saturated heterocycles. The molecule has 1 aliphatic rings. The highest BCUT2D eigenvalue weighted by atomic mass is 35.5. The Balaban J connectivity index is 1.94. The second kappa shape index (κ2) is 7.95. The van der Waals surface area contributed by atoms with Gasteiger partial charge in [0.2, 0.25) is 0 Å². The Hall–Kier alpha value is -3.38. The Morgan fingerprint density at radius 2 is 2.09 bits per heavy atom. The number of benzene rings is 1. The van der Waals surface area contributed by atoms with E-state index in [1.807, 2.05) is 0 Å². The van der Waals surface area contributed by atoms with E-state index in [9.17, 15) is 19.2 Å². The van der Waals surface area contributed by atoms with Gasteiger partial charge in [-0.1, -0.05) is 17.7 Å². The van der Waals surface area contributed by atoms with Gasteiger partial charge in [0.25, 0.3) is 5.56 Å². The molecule has 1 aliphatic heterocycles. The first-order chi connectivity index (χ1) is 15.1. The molecule has 0 N–H and O–H groups in total. The fourth-order valence-corrected chi connectivity index (χ4v) is 4.05. The van der Waals surface area contributed by atoms with Gasteiger partial charge in [-0.25, -0.2) is 13.7 Å². The topological polar surface area (TPSA) is 92.6 Å². The van der Waals surface area contributed by atoms with E-state index in [1.54, 1.807) is 26.8 Å². The lowest BCUT2D eigenvalue weighted by molar-refractivity contribution is 0.0213. The molecule has 3 heterocycles. The Kier molecular flexibility index (Phi) is 5.42. The largest absolute Gasteiger partial charge is 0.444 e. The van der Waals surface area contributed by atoms with Crippen LogP contribution in [0.1, 0.15) is 39.1 Å². The predicted molar refractivity (Wildman–Crippen MR) is 115 cm³/mol. The minimum absolute atomic E-state index is 0.123. The van der Waals surface area contributed by atoms with Crippen LogP contribution in [0.4, 0.5) is 9.18 Å². The number of likely N-dealkylation sites (tertiary alicyclic amines) is 1. The van der Waals surface area contributed by atoms with E-state index in [-0.39, 0.29) is 35.0 Å². The first-order valence-corrected chi connectivity index (χ1v) is 10.4. The highest BCUT2D eigenvalue weighted by Gasteiger charge is 2.41. The van der Waals surface area contributed by atoms with Crippen molar-refractivity contribution in [2.45, 2.75) is 38.8 Å². The van der Waals surface area contributed by atoms with Gasteiger partial charge in [0, 0.05) is 12.7 Å². The van der Waals surface area contributed by atoms with Crippen LogP contribution in [-0.2, 0) is 4.74 Å². The van der Waals surface area contributed by atoms with Crippen molar-refractivity contribution in [2.24, 2.45) is 5.92 Å². The summed E-state index contributed by atoms with van der Waals surface area (Å²) in [5.41, 5.74) is -0.903. The molecule has 0 bridgehead atoms. The van der Waals surface area contributed by atoms with Crippen LogP contribution in [0.3, 0.4) is 0 Å². The van der Waals surface area contributed by atoms with Crippen LogP contribution in [0.15, 0.2) is 41.3 Å². The number of halogens is 2. The minimum Gasteiger partial charge on any atom is -0.444 e. The Labute approximate surface area is 188 Å². The van der Waals surface area contributed by atoms with Crippen molar-refractivity contribution in [3.05, 3.63) is 63.5 Å². The summed E-state index contributed by atoms with van der Waals surface area (Å²) in [5, 5.41) is 14.3. The van der Waals surface area contributed by atoms with E-state index < -0.39 is 35.0 Å². The normalized spacial score (nSPS) is 18.7. The molecule has 4 rings (SSSR count). The number of aromatic nitrogens is 3. The number of ether oxygens (including phenoxy) is 1. The monoisotopic (exact) mass is 457 g/mol. The quantitative estimate of drug-likeness (QED) is 0.577. The zero-order chi connectivity index (χ0) is 23.2. The average molecular weight is 458 g/mol. The van der Waals surface area contributed by atoms with Crippen LogP contribution in [0.2, 0.25) is 5.02 Å². The predicted octanol–water partition coefficient (Wildman–Crippen LogP) is 4.10. The first-order valence-electron chi connectivity index (χ1n) is 10.0. The number of nitriles is 1. The zero-order valence-corrected chi connectivity index (χ0v) is 18.5. The number of amides is 1. The molecule has 1 fully saturated rings. The summed E-state index contributed by atoms with van der Waals surface area (Å²) in [6.07, 6.45) is 1.16. The molecular formula is C22H21ClFN5O3. The van der Waals surface area contributed by atoms with E-state index >= 15 is 0 Å². The third kappa shape index (κ3) is 3.94. The SMILES string of the molecule is CC(C)(C)OC(=O)N1C[C@@H](C#N)C[C@H]1c1nn2ccc(Cl)c2c(=O)n1-c1cccc(F)c1. The third-order valence-electron chi connectivity index (χ3n) is 5.14. The van der Waals surface area contributed by atoms with Gasteiger partial charge in [-0.3, -0.25) is 14.3 Å². The van der Waals surface area contributed by atoms with E-state index in [0.717, 1.165) is 0 Å². The van der Waals surface area contributed by atoms with Crippen molar-refractivity contribution in [3.63, 3.8) is 0 Å². The molecule has 32 heavy (non-hydrogen) atoms.